The van der Waals surface area contributed by atoms with E-state index < -0.39 is 5.41 Å². The molecule has 1 aliphatic rings. The topological polar surface area (TPSA) is 73.6 Å². The lowest BCUT2D eigenvalue weighted by Crippen LogP contribution is -2.49. The van der Waals surface area contributed by atoms with Crippen molar-refractivity contribution in [3.05, 3.63) is 29.8 Å². The number of para-hydroxylation sites is 1. The minimum absolute atomic E-state index is 0.0802. The van der Waals surface area contributed by atoms with E-state index in [2.05, 4.69) is 5.32 Å². The Labute approximate surface area is 113 Å². The standard InChI is InChI=1S/C14H20N2O3/c1-14(9-19-8-12(14)15)13(17)16-7-10-5-3-4-6-11(10)18-2/h3-6,12H,7-9,15H2,1-2H3,(H,16,17). The van der Waals surface area contributed by atoms with Gasteiger partial charge in [0, 0.05) is 18.2 Å². The molecule has 3 N–H and O–H groups in total. The van der Waals surface area contributed by atoms with E-state index in [1.807, 2.05) is 31.2 Å². The van der Waals surface area contributed by atoms with E-state index >= 15 is 0 Å². The van der Waals surface area contributed by atoms with Gasteiger partial charge >= 0.3 is 0 Å². The smallest absolute Gasteiger partial charge is 0.230 e. The van der Waals surface area contributed by atoms with Crippen LogP contribution < -0.4 is 15.8 Å². The monoisotopic (exact) mass is 264 g/mol. The first-order valence-corrected chi connectivity index (χ1v) is 6.31. The molecular formula is C14H20N2O3. The third kappa shape index (κ3) is 2.72. The number of benzene rings is 1. The molecule has 1 aromatic rings. The first kappa shape index (κ1) is 13.8. The van der Waals surface area contributed by atoms with Crippen molar-refractivity contribution in [2.75, 3.05) is 20.3 Å². The SMILES string of the molecule is COc1ccccc1CNC(=O)C1(C)COCC1N. The molecule has 0 aromatic heterocycles. The molecule has 5 nitrogen and oxygen atoms in total. The number of carbonyl (C=O) groups is 1. The van der Waals surface area contributed by atoms with Crippen LogP contribution in [0, 0.1) is 5.41 Å². The highest BCUT2D eigenvalue weighted by Gasteiger charge is 2.44. The molecule has 0 bridgehead atoms. The second-order valence-electron chi connectivity index (χ2n) is 5.03. The van der Waals surface area contributed by atoms with Crippen LogP contribution in [0.4, 0.5) is 0 Å². The van der Waals surface area contributed by atoms with Crippen LogP contribution in [-0.4, -0.2) is 32.3 Å². The first-order chi connectivity index (χ1) is 9.08. The molecule has 1 amide bonds. The summed E-state index contributed by atoms with van der Waals surface area (Å²) in [5.74, 6) is 0.684. The molecule has 1 heterocycles. The second-order valence-corrected chi connectivity index (χ2v) is 5.03. The van der Waals surface area contributed by atoms with E-state index in [9.17, 15) is 4.79 Å². The summed E-state index contributed by atoms with van der Waals surface area (Å²) in [6.07, 6.45) is 0. The van der Waals surface area contributed by atoms with Crippen molar-refractivity contribution in [3.8, 4) is 5.75 Å². The molecule has 19 heavy (non-hydrogen) atoms. The molecule has 0 saturated carbocycles. The summed E-state index contributed by atoms with van der Waals surface area (Å²) in [4.78, 5) is 12.2. The van der Waals surface area contributed by atoms with E-state index in [0.29, 0.717) is 19.8 Å². The highest BCUT2D eigenvalue weighted by molar-refractivity contribution is 5.83. The van der Waals surface area contributed by atoms with Crippen molar-refractivity contribution in [1.29, 1.82) is 0 Å². The fraction of sp³-hybridized carbons (Fsp3) is 0.500. The van der Waals surface area contributed by atoms with E-state index in [-0.39, 0.29) is 11.9 Å². The van der Waals surface area contributed by atoms with Gasteiger partial charge in [-0.1, -0.05) is 18.2 Å². The van der Waals surface area contributed by atoms with Gasteiger partial charge in [0.2, 0.25) is 5.91 Å². The zero-order chi connectivity index (χ0) is 13.9. The Hall–Kier alpha value is -1.59. The van der Waals surface area contributed by atoms with Gasteiger partial charge in [0.15, 0.2) is 0 Å². The van der Waals surface area contributed by atoms with E-state index in [0.717, 1.165) is 11.3 Å². The molecule has 0 radical (unpaired) electrons. The molecule has 0 spiro atoms. The van der Waals surface area contributed by atoms with Gasteiger partial charge in [-0.3, -0.25) is 4.79 Å². The van der Waals surface area contributed by atoms with Gasteiger partial charge in [0.05, 0.1) is 25.7 Å². The maximum absolute atomic E-state index is 12.2. The van der Waals surface area contributed by atoms with E-state index in [1.165, 1.54) is 0 Å². The number of rotatable bonds is 4. The number of ether oxygens (including phenoxy) is 2. The molecule has 1 aromatic carbocycles. The predicted molar refractivity (Wildman–Crippen MR) is 71.7 cm³/mol. The molecule has 5 heteroatoms. The third-order valence-corrected chi connectivity index (χ3v) is 3.67. The summed E-state index contributed by atoms with van der Waals surface area (Å²) in [6, 6.07) is 7.34. The van der Waals surface area contributed by atoms with Crippen molar-refractivity contribution in [2.45, 2.75) is 19.5 Å². The van der Waals surface area contributed by atoms with Crippen molar-refractivity contribution in [1.82, 2.24) is 5.32 Å². The van der Waals surface area contributed by atoms with Crippen molar-refractivity contribution >= 4 is 5.91 Å². The van der Waals surface area contributed by atoms with Crippen LogP contribution >= 0.6 is 0 Å². The number of methoxy groups -OCH3 is 1. The highest BCUT2D eigenvalue weighted by Crippen LogP contribution is 2.27. The van der Waals surface area contributed by atoms with Crippen LogP contribution in [-0.2, 0) is 16.1 Å². The Balaban J connectivity index is 2.01. The number of amides is 1. The second kappa shape index (κ2) is 5.59. The summed E-state index contributed by atoms with van der Waals surface area (Å²) in [6.45, 7) is 3.05. The lowest BCUT2D eigenvalue weighted by molar-refractivity contribution is -0.130. The minimum atomic E-state index is -0.651. The zero-order valence-corrected chi connectivity index (χ0v) is 11.3. The van der Waals surface area contributed by atoms with E-state index in [1.54, 1.807) is 7.11 Å². The van der Waals surface area contributed by atoms with Crippen molar-refractivity contribution in [3.63, 3.8) is 0 Å². The van der Waals surface area contributed by atoms with Crippen LogP contribution in [0.25, 0.3) is 0 Å². The van der Waals surface area contributed by atoms with Crippen LogP contribution in [0.15, 0.2) is 24.3 Å². The molecule has 104 valence electrons. The van der Waals surface area contributed by atoms with Crippen LogP contribution in [0.5, 0.6) is 5.75 Å². The minimum Gasteiger partial charge on any atom is -0.496 e. The molecule has 1 fully saturated rings. The van der Waals surface area contributed by atoms with Gasteiger partial charge in [0.1, 0.15) is 5.75 Å². The maximum Gasteiger partial charge on any atom is 0.230 e. The Bertz CT molecular complexity index is 464. The normalized spacial score (nSPS) is 26.2. The van der Waals surface area contributed by atoms with Crippen molar-refractivity contribution < 1.29 is 14.3 Å². The lowest BCUT2D eigenvalue weighted by Gasteiger charge is -2.25. The molecule has 2 unspecified atom stereocenters. The predicted octanol–water partition coefficient (Wildman–Crippen LogP) is 0.675. The summed E-state index contributed by atoms with van der Waals surface area (Å²) in [7, 11) is 1.61. The quantitative estimate of drug-likeness (QED) is 0.838. The Morgan fingerprint density at radius 3 is 2.95 bits per heavy atom. The number of carbonyl (C=O) groups excluding carboxylic acids is 1. The summed E-state index contributed by atoms with van der Waals surface area (Å²) >= 11 is 0. The Morgan fingerprint density at radius 2 is 2.32 bits per heavy atom. The number of nitrogens with two attached hydrogens (primary N) is 1. The molecule has 2 atom stereocenters. The lowest BCUT2D eigenvalue weighted by atomic mass is 9.85. The molecule has 1 aliphatic heterocycles. The molecule has 1 saturated heterocycles. The zero-order valence-electron chi connectivity index (χ0n) is 11.3. The highest BCUT2D eigenvalue weighted by atomic mass is 16.5. The van der Waals surface area contributed by atoms with Gasteiger partial charge in [-0.2, -0.15) is 0 Å². The van der Waals surface area contributed by atoms with Crippen LogP contribution in [0.3, 0.4) is 0 Å². The first-order valence-electron chi connectivity index (χ1n) is 6.31. The average molecular weight is 264 g/mol. The van der Waals surface area contributed by atoms with E-state index in [4.69, 9.17) is 15.2 Å². The number of hydrogen-bond donors (Lipinski definition) is 2. The van der Waals surface area contributed by atoms with Gasteiger partial charge in [0.25, 0.3) is 0 Å². The summed E-state index contributed by atoms with van der Waals surface area (Å²) in [5, 5.41) is 2.91. The van der Waals surface area contributed by atoms with Gasteiger partial charge in [-0.25, -0.2) is 0 Å². The van der Waals surface area contributed by atoms with Crippen LogP contribution in [0.2, 0.25) is 0 Å². The average Bonchev–Trinajstić information content (AvgIpc) is 2.77. The molecule has 2 rings (SSSR count). The number of nitrogens with one attached hydrogen (secondary N) is 1. The van der Waals surface area contributed by atoms with Gasteiger partial charge < -0.3 is 20.5 Å². The third-order valence-electron chi connectivity index (χ3n) is 3.67. The Kier molecular flexibility index (Phi) is 4.07. The summed E-state index contributed by atoms with van der Waals surface area (Å²) in [5.41, 5.74) is 6.22. The fourth-order valence-electron chi connectivity index (χ4n) is 2.15. The fourth-order valence-corrected chi connectivity index (χ4v) is 2.15. The van der Waals surface area contributed by atoms with Gasteiger partial charge in [-0.05, 0) is 13.0 Å². The molecular weight excluding hydrogens is 244 g/mol. The molecule has 0 aliphatic carbocycles. The Morgan fingerprint density at radius 1 is 1.58 bits per heavy atom. The van der Waals surface area contributed by atoms with Gasteiger partial charge in [-0.15, -0.1) is 0 Å². The van der Waals surface area contributed by atoms with Crippen LogP contribution in [0.1, 0.15) is 12.5 Å². The van der Waals surface area contributed by atoms with Crippen molar-refractivity contribution in [2.24, 2.45) is 11.1 Å². The maximum atomic E-state index is 12.2. The summed E-state index contributed by atoms with van der Waals surface area (Å²) < 4.78 is 10.5. The number of hydrogen-bond acceptors (Lipinski definition) is 4. The largest absolute Gasteiger partial charge is 0.496 e.